The van der Waals surface area contributed by atoms with Crippen molar-refractivity contribution in [1.29, 1.82) is 0 Å². The van der Waals surface area contributed by atoms with Gasteiger partial charge >= 0.3 is 6.18 Å². The van der Waals surface area contributed by atoms with E-state index in [1.165, 1.54) is 11.0 Å². The number of hydrogen-bond donors (Lipinski definition) is 1. The first-order valence-corrected chi connectivity index (χ1v) is 7.21. The Hall–Kier alpha value is -1.90. The molecule has 0 amide bonds. The molecule has 0 aliphatic carbocycles. The SMILES string of the molecule is O=[N+]([O-])c1cc(F)ccc1NCC1CCN(CC(F)(F)F)CC1. The summed E-state index contributed by atoms with van der Waals surface area (Å²) in [4.78, 5) is 11.6. The highest BCUT2D eigenvalue weighted by Crippen LogP contribution is 2.27. The Morgan fingerprint density at radius 2 is 1.96 bits per heavy atom. The van der Waals surface area contributed by atoms with Gasteiger partial charge in [0.25, 0.3) is 5.69 Å². The Kier molecular flexibility index (Phi) is 5.40. The van der Waals surface area contributed by atoms with Crippen molar-refractivity contribution in [1.82, 2.24) is 4.90 Å². The van der Waals surface area contributed by atoms with Gasteiger partial charge in [-0.25, -0.2) is 4.39 Å². The number of anilines is 1. The number of benzene rings is 1. The van der Waals surface area contributed by atoms with E-state index >= 15 is 0 Å². The number of likely N-dealkylation sites (tertiary alicyclic amines) is 1. The van der Waals surface area contributed by atoms with Crippen molar-refractivity contribution < 1.29 is 22.5 Å². The average molecular weight is 335 g/mol. The number of nitro groups is 1. The lowest BCUT2D eigenvalue weighted by Crippen LogP contribution is -2.41. The van der Waals surface area contributed by atoms with Crippen molar-refractivity contribution in [3.63, 3.8) is 0 Å². The fraction of sp³-hybridized carbons (Fsp3) is 0.571. The molecule has 0 atom stereocenters. The number of hydrogen-bond acceptors (Lipinski definition) is 4. The second kappa shape index (κ2) is 7.12. The number of alkyl halides is 3. The maximum absolute atomic E-state index is 13.1. The van der Waals surface area contributed by atoms with Crippen LogP contribution >= 0.6 is 0 Å². The lowest BCUT2D eigenvalue weighted by Gasteiger charge is -2.32. The number of nitrogens with zero attached hydrogens (tertiary/aromatic N) is 2. The van der Waals surface area contributed by atoms with E-state index in [2.05, 4.69) is 5.32 Å². The molecule has 1 saturated heterocycles. The van der Waals surface area contributed by atoms with Crippen LogP contribution in [0.1, 0.15) is 12.8 Å². The fourth-order valence-electron chi connectivity index (χ4n) is 2.66. The van der Waals surface area contributed by atoms with Crippen LogP contribution in [0.4, 0.5) is 28.9 Å². The molecule has 1 aliphatic heterocycles. The normalized spacial score (nSPS) is 17.2. The van der Waals surface area contributed by atoms with E-state index < -0.39 is 23.5 Å². The Labute approximate surface area is 130 Å². The molecule has 128 valence electrons. The molecule has 0 unspecified atom stereocenters. The number of nitro benzene ring substituents is 1. The van der Waals surface area contributed by atoms with Crippen molar-refractivity contribution in [3.05, 3.63) is 34.1 Å². The van der Waals surface area contributed by atoms with Crippen molar-refractivity contribution >= 4 is 11.4 Å². The predicted octanol–water partition coefficient (Wildman–Crippen LogP) is 3.42. The molecule has 0 radical (unpaired) electrons. The van der Waals surface area contributed by atoms with Crippen LogP contribution < -0.4 is 5.32 Å². The summed E-state index contributed by atoms with van der Waals surface area (Å²) in [5.74, 6) is -0.563. The molecular weight excluding hydrogens is 318 g/mol. The van der Waals surface area contributed by atoms with Crippen molar-refractivity contribution in [2.24, 2.45) is 5.92 Å². The van der Waals surface area contributed by atoms with Gasteiger partial charge in [0.1, 0.15) is 11.5 Å². The zero-order valence-corrected chi connectivity index (χ0v) is 12.3. The summed E-state index contributed by atoms with van der Waals surface area (Å²) in [5, 5.41) is 13.8. The lowest BCUT2D eigenvalue weighted by molar-refractivity contribution is -0.384. The topological polar surface area (TPSA) is 58.4 Å². The van der Waals surface area contributed by atoms with Gasteiger partial charge in [-0.1, -0.05) is 0 Å². The monoisotopic (exact) mass is 335 g/mol. The second-order valence-electron chi connectivity index (χ2n) is 5.63. The highest BCUT2D eigenvalue weighted by molar-refractivity contribution is 5.61. The Balaban J connectivity index is 1.85. The quantitative estimate of drug-likeness (QED) is 0.509. The molecule has 0 bridgehead atoms. The van der Waals surface area contributed by atoms with Crippen LogP contribution in [0.5, 0.6) is 0 Å². The smallest absolute Gasteiger partial charge is 0.379 e. The summed E-state index contributed by atoms with van der Waals surface area (Å²) in [7, 11) is 0. The summed E-state index contributed by atoms with van der Waals surface area (Å²) >= 11 is 0. The van der Waals surface area contributed by atoms with E-state index in [9.17, 15) is 27.7 Å². The highest BCUT2D eigenvalue weighted by Gasteiger charge is 2.32. The minimum atomic E-state index is -4.19. The maximum atomic E-state index is 13.1. The van der Waals surface area contributed by atoms with Crippen molar-refractivity contribution in [2.75, 3.05) is 31.5 Å². The van der Waals surface area contributed by atoms with Crippen LogP contribution in [-0.2, 0) is 0 Å². The van der Waals surface area contributed by atoms with E-state index in [4.69, 9.17) is 0 Å². The molecule has 0 spiro atoms. The van der Waals surface area contributed by atoms with Crippen LogP contribution in [0.15, 0.2) is 18.2 Å². The molecule has 23 heavy (non-hydrogen) atoms. The number of rotatable bonds is 5. The van der Waals surface area contributed by atoms with E-state index in [0.29, 0.717) is 32.5 Å². The first-order chi connectivity index (χ1) is 10.7. The second-order valence-corrected chi connectivity index (χ2v) is 5.63. The largest absolute Gasteiger partial charge is 0.401 e. The summed E-state index contributed by atoms with van der Waals surface area (Å²) in [6, 6.07) is 3.27. The van der Waals surface area contributed by atoms with E-state index in [1.54, 1.807) is 0 Å². The van der Waals surface area contributed by atoms with Crippen LogP contribution in [0.3, 0.4) is 0 Å². The van der Waals surface area contributed by atoms with Gasteiger partial charge in [0.05, 0.1) is 17.5 Å². The van der Waals surface area contributed by atoms with Gasteiger partial charge in [-0.2, -0.15) is 13.2 Å². The van der Waals surface area contributed by atoms with Crippen LogP contribution in [0.2, 0.25) is 0 Å². The lowest BCUT2D eigenvalue weighted by atomic mass is 9.96. The maximum Gasteiger partial charge on any atom is 0.401 e. The number of nitrogens with one attached hydrogen (secondary N) is 1. The fourth-order valence-corrected chi connectivity index (χ4v) is 2.66. The number of piperidine rings is 1. The van der Waals surface area contributed by atoms with Gasteiger partial charge in [0.15, 0.2) is 0 Å². The average Bonchev–Trinajstić information content (AvgIpc) is 2.45. The van der Waals surface area contributed by atoms with Gasteiger partial charge in [-0.05, 0) is 44.0 Å². The zero-order chi connectivity index (χ0) is 17.0. The van der Waals surface area contributed by atoms with Crippen LogP contribution in [0.25, 0.3) is 0 Å². The number of halogens is 4. The molecule has 1 fully saturated rings. The summed E-state index contributed by atoms with van der Waals surface area (Å²) in [6.07, 6.45) is -3.03. The van der Waals surface area contributed by atoms with Crippen molar-refractivity contribution in [3.8, 4) is 0 Å². The van der Waals surface area contributed by atoms with Gasteiger partial charge < -0.3 is 5.32 Å². The van der Waals surface area contributed by atoms with Gasteiger partial charge in [0.2, 0.25) is 0 Å². The minimum Gasteiger partial charge on any atom is -0.379 e. The van der Waals surface area contributed by atoms with Crippen LogP contribution in [-0.4, -0.2) is 42.2 Å². The van der Waals surface area contributed by atoms with Gasteiger partial charge in [0, 0.05) is 6.54 Å². The zero-order valence-electron chi connectivity index (χ0n) is 12.3. The van der Waals surface area contributed by atoms with Crippen molar-refractivity contribution in [2.45, 2.75) is 19.0 Å². The third kappa shape index (κ3) is 5.34. The van der Waals surface area contributed by atoms with Gasteiger partial charge in [-0.15, -0.1) is 0 Å². The molecule has 9 heteroatoms. The molecule has 1 N–H and O–H groups in total. The van der Waals surface area contributed by atoms with Gasteiger partial charge in [-0.3, -0.25) is 15.0 Å². The summed E-state index contributed by atoms with van der Waals surface area (Å²) < 4.78 is 50.0. The summed E-state index contributed by atoms with van der Waals surface area (Å²) in [5.41, 5.74) is -0.131. The molecule has 0 aromatic heterocycles. The molecule has 0 saturated carbocycles. The third-order valence-corrected chi connectivity index (χ3v) is 3.85. The Morgan fingerprint density at radius 1 is 1.30 bits per heavy atom. The van der Waals surface area contributed by atoms with E-state index in [-0.39, 0.29) is 17.3 Å². The molecule has 5 nitrogen and oxygen atoms in total. The Morgan fingerprint density at radius 3 is 2.52 bits per heavy atom. The molecule has 1 heterocycles. The van der Waals surface area contributed by atoms with E-state index in [1.807, 2.05) is 0 Å². The molecule has 1 aromatic carbocycles. The molecule has 2 rings (SSSR count). The predicted molar refractivity (Wildman–Crippen MR) is 76.8 cm³/mol. The minimum absolute atomic E-state index is 0.129. The first kappa shape index (κ1) is 17.5. The molecule has 1 aliphatic rings. The standard InChI is InChI=1S/C14H17F4N3O2/c15-11-1-2-12(13(7-11)21(22)23)19-8-10-3-5-20(6-4-10)9-14(16,17)18/h1-2,7,10,19H,3-6,8-9H2. The third-order valence-electron chi connectivity index (χ3n) is 3.85. The summed E-state index contributed by atoms with van der Waals surface area (Å²) in [6.45, 7) is 0.192. The molecular formula is C14H17F4N3O2. The highest BCUT2D eigenvalue weighted by atomic mass is 19.4. The molecule has 1 aromatic rings. The van der Waals surface area contributed by atoms with E-state index in [0.717, 1.165) is 12.1 Å². The first-order valence-electron chi connectivity index (χ1n) is 7.21. The Bertz CT molecular complexity index is 557. The van der Waals surface area contributed by atoms with Crippen LogP contribution in [0, 0.1) is 21.8 Å².